The first-order valence-corrected chi connectivity index (χ1v) is 8.26. The highest BCUT2D eigenvalue weighted by molar-refractivity contribution is 5.94. The molecule has 0 spiro atoms. The molecule has 3 rings (SSSR count). The van der Waals surface area contributed by atoms with Gasteiger partial charge in [-0.1, -0.05) is 30.3 Å². The number of carbonyl (C=O) groups is 1. The minimum absolute atomic E-state index is 0.142. The topological polar surface area (TPSA) is 51.5 Å². The van der Waals surface area contributed by atoms with Crippen LogP contribution in [0, 0.1) is 6.92 Å². The van der Waals surface area contributed by atoms with Crippen LogP contribution in [0.4, 0.5) is 0 Å². The average Bonchev–Trinajstić information content (AvgIpc) is 3.08. The Morgan fingerprint density at radius 2 is 1.76 bits per heavy atom. The first kappa shape index (κ1) is 16.8. The van der Waals surface area contributed by atoms with Gasteiger partial charge < -0.3 is 14.5 Å². The number of furan rings is 1. The van der Waals surface area contributed by atoms with E-state index in [4.69, 9.17) is 9.15 Å². The van der Waals surface area contributed by atoms with E-state index in [-0.39, 0.29) is 11.9 Å². The number of hydrogen-bond donors (Lipinski definition) is 1. The van der Waals surface area contributed by atoms with E-state index in [0.29, 0.717) is 12.2 Å². The fraction of sp³-hybridized carbons (Fsp3) is 0.190. The van der Waals surface area contributed by atoms with E-state index in [1.54, 1.807) is 24.3 Å². The van der Waals surface area contributed by atoms with Gasteiger partial charge in [0.25, 0.3) is 5.91 Å². The Labute approximate surface area is 147 Å². The molecule has 0 saturated carbocycles. The molecule has 1 N–H and O–H groups in total. The second-order valence-corrected chi connectivity index (χ2v) is 5.94. The lowest BCUT2D eigenvalue weighted by molar-refractivity contribution is 0.0935. The Hall–Kier alpha value is -3.01. The Bertz CT molecular complexity index is 822. The Morgan fingerprint density at radius 1 is 1.04 bits per heavy atom. The third-order valence-corrected chi connectivity index (χ3v) is 3.90. The fourth-order valence-corrected chi connectivity index (χ4v) is 2.48. The standard InChI is InChI=1S/C21H21NO3/c1-15-8-13-20(25-15)16(2)22-21(23)18-9-11-19(12-10-18)24-14-17-6-4-3-5-7-17/h3-13,16H,14H2,1-2H3,(H,22,23)/t16-/m1/s1. The van der Waals surface area contributed by atoms with E-state index >= 15 is 0 Å². The van der Waals surface area contributed by atoms with E-state index in [0.717, 1.165) is 22.8 Å². The van der Waals surface area contributed by atoms with Crippen LogP contribution in [0.3, 0.4) is 0 Å². The number of aryl methyl sites for hydroxylation is 1. The highest BCUT2D eigenvalue weighted by Gasteiger charge is 2.14. The van der Waals surface area contributed by atoms with Gasteiger partial charge in [-0.05, 0) is 55.8 Å². The van der Waals surface area contributed by atoms with E-state index in [9.17, 15) is 4.79 Å². The zero-order valence-electron chi connectivity index (χ0n) is 14.4. The van der Waals surface area contributed by atoms with E-state index in [2.05, 4.69) is 5.32 Å². The van der Waals surface area contributed by atoms with E-state index in [1.807, 2.05) is 56.3 Å². The van der Waals surface area contributed by atoms with Gasteiger partial charge in [0.15, 0.2) is 0 Å². The van der Waals surface area contributed by atoms with Crippen molar-refractivity contribution in [2.75, 3.05) is 0 Å². The molecule has 0 aliphatic carbocycles. The molecule has 0 unspecified atom stereocenters. The van der Waals surface area contributed by atoms with Crippen molar-refractivity contribution in [3.05, 3.63) is 89.4 Å². The van der Waals surface area contributed by atoms with Gasteiger partial charge in [0.2, 0.25) is 0 Å². The number of rotatable bonds is 6. The van der Waals surface area contributed by atoms with Gasteiger partial charge >= 0.3 is 0 Å². The quantitative estimate of drug-likeness (QED) is 0.713. The molecule has 1 amide bonds. The van der Waals surface area contributed by atoms with Gasteiger partial charge in [-0.3, -0.25) is 4.79 Å². The molecule has 0 aliphatic heterocycles. The summed E-state index contributed by atoms with van der Waals surface area (Å²) < 4.78 is 11.3. The summed E-state index contributed by atoms with van der Waals surface area (Å²) in [6.45, 7) is 4.28. The summed E-state index contributed by atoms with van der Waals surface area (Å²) in [5, 5.41) is 2.93. The molecule has 0 saturated heterocycles. The summed E-state index contributed by atoms with van der Waals surface area (Å²) in [6.07, 6.45) is 0. The van der Waals surface area contributed by atoms with Crippen molar-refractivity contribution in [1.29, 1.82) is 0 Å². The molecule has 3 aromatic rings. The van der Waals surface area contributed by atoms with Gasteiger partial charge in [-0.15, -0.1) is 0 Å². The second-order valence-electron chi connectivity index (χ2n) is 5.94. The van der Waals surface area contributed by atoms with Crippen LogP contribution >= 0.6 is 0 Å². The fourth-order valence-electron chi connectivity index (χ4n) is 2.48. The Morgan fingerprint density at radius 3 is 2.40 bits per heavy atom. The molecular weight excluding hydrogens is 314 g/mol. The minimum Gasteiger partial charge on any atom is -0.489 e. The maximum absolute atomic E-state index is 12.3. The Kier molecular flexibility index (Phi) is 5.19. The lowest BCUT2D eigenvalue weighted by Gasteiger charge is -2.12. The number of benzene rings is 2. The third kappa shape index (κ3) is 4.51. The Balaban J connectivity index is 1.57. The summed E-state index contributed by atoms with van der Waals surface area (Å²) in [5.74, 6) is 2.16. The first-order chi connectivity index (χ1) is 12.1. The van der Waals surface area contributed by atoms with Crippen LogP contribution in [0.2, 0.25) is 0 Å². The highest BCUT2D eigenvalue weighted by Crippen LogP contribution is 2.18. The predicted octanol–water partition coefficient (Wildman–Crippen LogP) is 4.66. The van der Waals surface area contributed by atoms with Crippen LogP contribution in [-0.4, -0.2) is 5.91 Å². The zero-order valence-corrected chi connectivity index (χ0v) is 14.4. The van der Waals surface area contributed by atoms with Crippen molar-refractivity contribution < 1.29 is 13.9 Å². The summed E-state index contributed by atoms with van der Waals surface area (Å²) >= 11 is 0. The van der Waals surface area contributed by atoms with Crippen LogP contribution in [0.1, 0.15) is 40.4 Å². The van der Waals surface area contributed by atoms with Gasteiger partial charge in [0.1, 0.15) is 23.9 Å². The number of nitrogens with one attached hydrogen (secondary N) is 1. The van der Waals surface area contributed by atoms with Crippen molar-refractivity contribution in [2.45, 2.75) is 26.5 Å². The molecule has 1 aromatic heterocycles. The molecule has 128 valence electrons. The normalized spacial score (nSPS) is 11.8. The van der Waals surface area contributed by atoms with Crippen LogP contribution in [0.5, 0.6) is 5.75 Å². The predicted molar refractivity (Wildman–Crippen MR) is 96.5 cm³/mol. The summed E-state index contributed by atoms with van der Waals surface area (Å²) in [5.41, 5.74) is 1.69. The van der Waals surface area contributed by atoms with Gasteiger partial charge in [-0.2, -0.15) is 0 Å². The molecule has 1 atom stereocenters. The molecule has 0 fully saturated rings. The van der Waals surface area contributed by atoms with E-state index in [1.165, 1.54) is 0 Å². The molecule has 0 aliphatic rings. The smallest absolute Gasteiger partial charge is 0.251 e. The zero-order chi connectivity index (χ0) is 17.6. The van der Waals surface area contributed by atoms with Crippen molar-refractivity contribution in [3.63, 3.8) is 0 Å². The maximum atomic E-state index is 12.3. The van der Waals surface area contributed by atoms with Crippen molar-refractivity contribution in [3.8, 4) is 5.75 Å². The molecule has 25 heavy (non-hydrogen) atoms. The maximum Gasteiger partial charge on any atom is 0.251 e. The largest absolute Gasteiger partial charge is 0.489 e. The third-order valence-electron chi connectivity index (χ3n) is 3.90. The summed E-state index contributed by atoms with van der Waals surface area (Å²) in [4.78, 5) is 12.3. The highest BCUT2D eigenvalue weighted by atomic mass is 16.5. The summed E-state index contributed by atoms with van der Waals surface area (Å²) in [6, 6.07) is 20.7. The van der Waals surface area contributed by atoms with Crippen LogP contribution in [0.25, 0.3) is 0 Å². The molecule has 4 nitrogen and oxygen atoms in total. The molecular formula is C21H21NO3. The number of ether oxygens (including phenoxy) is 1. The molecule has 0 bridgehead atoms. The second kappa shape index (κ2) is 7.71. The molecule has 0 radical (unpaired) electrons. The summed E-state index contributed by atoms with van der Waals surface area (Å²) in [7, 11) is 0. The van der Waals surface area contributed by atoms with Gasteiger partial charge in [0.05, 0.1) is 6.04 Å². The van der Waals surface area contributed by atoms with Crippen molar-refractivity contribution in [2.24, 2.45) is 0 Å². The molecule has 4 heteroatoms. The van der Waals surface area contributed by atoms with Crippen molar-refractivity contribution in [1.82, 2.24) is 5.32 Å². The van der Waals surface area contributed by atoms with Crippen LogP contribution < -0.4 is 10.1 Å². The monoisotopic (exact) mass is 335 g/mol. The number of hydrogen-bond acceptors (Lipinski definition) is 3. The van der Waals surface area contributed by atoms with Crippen LogP contribution in [-0.2, 0) is 6.61 Å². The average molecular weight is 335 g/mol. The lowest BCUT2D eigenvalue weighted by Crippen LogP contribution is -2.26. The van der Waals surface area contributed by atoms with Gasteiger partial charge in [0, 0.05) is 5.56 Å². The SMILES string of the molecule is Cc1ccc([C@@H](C)NC(=O)c2ccc(OCc3ccccc3)cc2)o1. The molecule has 2 aromatic carbocycles. The van der Waals surface area contributed by atoms with Crippen molar-refractivity contribution >= 4 is 5.91 Å². The number of carbonyl (C=O) groups excluding carboxylic acids is 1. The minimum atomic E-state index is -0.185. The van der Waals surface area contributed by atoms with Gasteiger partial charge in [-0.25, -0.2) is 0 Å². The van der Waals surface area contributed by atoms with Crippen LogP contribution in [0.15, 0.2) is 71.1 Å². The first-order valence-electron chi connectivity index (χ1n) is 8.26. The number of amides is 1. The molecule has 1 heterocycles. The lowest BCUT2D eigenvalue weighted by atomic mass is 10.1. The van der Waals surface area contributed by atoms with E-state index < -0.39 is 0 Å².